The van der Waals surface area contributed by atoms with Crippen LogP contribution in [0.25, 0.3) is 0 Å². The van der Waals surface area contributed by atoms with Gasteiger partial charge in [-0.1, -0.05) is 0 Å². The Balaban J connectivity index is 1.88. The molecule has 0 spiro atoms. The van der Waals surface area contributed by atoms with E-state index < -0.39 is 0 Å². The van der Waals surface area contributed by atoms with Crippen LogP contribution in [0.15, 0.2) is 0 Å². The van der Waals surface area contributed by atoms with E-state index in [4.69, 9.17) is 12.2 Å². The maximum Gasteiger partial charge on any atom is 0.166 e. The molecule has 0 saturated carbocycles. The Morgan fingerprint density at radius 3 is 2.80 bits per heavy atom. The molecule has 0 aliphatic carbocycles. The lowest BCUT2D eigenvalue weighted by Crippen LogP contribution is -2.35. The topological polar surface area (TPSA) is 27.1 Å². The highest BCUT2D eigenvalue weighted by atomic mass is 32.1. The number of nitrogens with zero attached hydrogens (tertiary/aromatic N) is 1. The van der Waals surface area contributed by atoms with Gasteiger partial charge in [0.15, 0.2) is 5.11 Å². The molecule has 10 heavy (non-hydrogen) atoms. The monoisotopic (exact) mass is 159 g/mol. The van der Waals surface area contributed by atoms with Crippen LogP contribution >= 0.6 is 12.2 Å². The first-order valence-electron chi connectivity index (χ1n) is 3.51. The fraction of sp³-hybridized carbons (Fsp3) is 0.833. The smallest absolute Gasteiger partial charge is 0.166 e. The second-order valence-electron chi connectivity index (χ2n) is 2.35. The van der Waals surface area contributed by atoms with Crippen molar-refractivity contribution in [1.82, 2.24) is 15.5 Å². The molecule has 1 saturated heterocycles. The summed E-state index contributed by atoms with van der Waals surface area (Å²) in [4.78, 5) is 2.35. The first kappa shape index (κ1) is 7.75. The Hall–Kier alpha value is -0.350. The molecule has 0 aromatic rings. The van der Waals surface area contributed by atoms with E-state index in [1.165, 1.54) is 13.1 Å². The second-order valence-corrected chi connectivity index (χ2v) is 2.76. The van der Waals surface area contributed by atoms with Crippen molar-refractivity contribution < 1.29 is 0 Å². The van der Waals surface area contributed by atoms with Crippen LogP contribution < -0.4 is 10.6 Å². The first-order chi connectivity index (χ1) is 4.83. The number of hydrogen-bond acceptors (Lipinski definition) is 2. The van der Waals surface area contributed by atoms with Crippen molar-refractivity contribution in [3.8, 4) is 0 Å². The molecule has 3 nitrogen and oxygen atoms in total. The SMILES string of the molecule is CNC(=S)NCCN1CC1. The Morgan fingerprint density at radius 2 is 2.30 bits per heavy atom. The predicted molar refractivity (Wildman–Crippen MR) is 46.1 cm³/mol. The normalized spacial score (nSPS) is 16.5. The highest BCUT2D eigenvalue weighted by molar-refractivity contribution is 7.80. The zero-order chi connectivity index (χ0) is 7.40. The van der Waals surface area contributed by atoms with Crippen LogP contribution in [0.1, 0.15) is 0 Å². The number of hydrogen-bond donors (Lipinski definition) is 2. The molecule has 0 amide bonds. The summed E-state index contributed by atoms with van der Waals surface area (Å²) < 4.78 is 0. The average molecular weight is 159 g/mol. The van der Waals surface area contributed by atoms with Crippen LogP contribution in [0.3, 0.4) is 0 Å². The summed E-state index contributed by atoms with van der Waals surface area (Å²) in [5, 5.41) is 6.68. The summed E-state index contributed by atoms with van der Waals surface area (Å²) >= 11 is 4.89. The highest BCUT2D eigenvalue weighted by Gasteiger charge is 2.15. The van der Waals surface area contributed by atoms with Crippen molar-refractivity contribution >= 4 is 17.3 Å². The third kappa shape index (κ3) is 2.98. The van der Waals surface area contributed by atoms with Crippen molar-refractivity contribution in [2.75, 3.05) is 33.2 Å². The molecule has 0 bridgehead atoms. The summed E-state index contributed by atoms with van der Waals surface area (Å²) in [5.41, 5.74) is 0. The number of nitrogens with one attached hydrogen (secondary N) is 2. The molecular formula is C6H13N3S. The lowest BCUT2D eigenvalue weighted by molar-refractivity contribution is 0.553. The first-order valence-corrected chi connectivity index (χ1v) is 3.91. The van der Waals surface area contributed by atoms with Gasteiger partial charge >= 0.3 is 0 Å². The van der Waals surface area contributed by atoms with Crippen LogP contribution in [0.5, 0.6) is 0 Å². The van der Waals surface area contributed by atoms with Gasteiger partial charge in [-0.3, -0.25) is 4.90 Å². The van der Waals surface area contributed by atoms with E-state index >= 15 is 0 Å². The van der Waals surface area contributed by atoms with Gasteiger partial charge in [-0.15, -0.1) is 0 Å². The minimum atomic E-state index is 0.738. The fourth-order valence-corrected chi connectivity index (χ4v) is 0.812. The zero-order valence-corrected chi connectivity index (χ0v) is 7.00. The van der Waals surface area contributed by atoms with Gasteiger partial charge < -0.3 is 10.6 Å². The maximum absolute atomic E-state index is 4.89. The minimum Gasteiger partial charge on any atom is -0.366 e. The van der Waals surface area contributed by atoms with E-state index in [9.17, 15) is 0 Å². The lowest BCUT2D eigenvalue weighted by atomic mass is 10.6. The largest absolute Gasteiger partial charge is 0.366 e. The lowest BCUT2D eigenvalue weighted by Gasteiger charge is -2.05. The molecule has 0 unspecified atom stereocenters. The van der Waals surface area contributed by atoms with E-state index in [1.54, 1.807) is 0 Å². The van der Waals surface area contributed by atoms with Gasteiger partial charge in [0.25, 0.3) is 0 Å². The van der Waals surface area contributed by atoms with Crippen molar-refractivity contribution in [2.24, 2.45) is 0 Å². The van der Waals surface area contributed by atoms with Crippen LogP contribution in [0.2, 0.25) is 0 Å². The predicted octanol–water partition coefficient (Wildman–Crippen LogP) is -0.604. The molecule has 1 heterocycles. The summed E-state index contributed by atoms with van der Waals surface area (Å²) in [6, 6.07) is 0. The molecule has 0 aromatic heterocycles. The minimum absolute atomic E-state index is 0.738. The highest BCUT2D eigenvalue weighted by Crippen LogP contribution is 1.99. The van der Waals surface area contributed by atoms with Gasteiger partial charge in [0.1, 0.15) is 0 Å². The zero-order valence-electron chi connectivity index (χ0n) is 6.18. The molecule has 4 heteroatoms. The number of rotatable bonds is 3. The van der Waals surface area contributed by atoms with Crippen LogP contribution in [0, 0.1) is 0 Å². The van der Waals surface area contributed by atoms with E-state index in [-0.39, 0.29) is 0 Å². The average Bonchev–Trinajstić information content (AvgIpc) is 2.71. The van der Waals surface area contributed by atoms with E-state index in [2.05, 4.69) is 15.5 Å². The van der Waals surface area contributed by atoms with Gasteiger partial charge in [-0.25, -0.2) is 0 Å². The Labute approximate surface area is 66.8 Å². The second kappa shape index (κ2) is 3.73. The molecule has 1 aliphatic rings. The standard InChI is InChI=1S/C6H13N3S/c1-7-6(10)8-2-3-9-4-5-9/h2-5H2,1H3,(H2,7,8,10). The molecular weight excluding hydrogens is 146 g/mol. The van der Waals surface area contributed by atoms with Gasteiger partial charge in [0.2, 0.25) is 0 Å². The molecule has 1 aliphatic heterocycles. The summed E-state index contributed by atoms with van der Waals surface area (Å²) in [6.07, 6.45) is 0. The van der Waals surface area contributed by atoms with Crippen LogP contribution in [0.4, 0.5) is 0 Å². The number of thiocarbonyl (C=S) groups is 1. The van der Waals surface area contributed by atoms with Crippen molar-refractivity contribution in [3.05, 3.63) is 0 Å². The molecule has 58 valence electrons. The molecule has 2 N–H and O–H groups in total. The fourth-order valence-electron chi connectivity index (χ4n) is 0.710. The van der Waals surface area contributed by atoms with Gasteiger partial charge in [0.05, 0.1) is 0 Å². The van der Waals surface area contributed by atoms with E-state index in [0.29, 0.717) is 0 Å². The Morgan fingerprint density at radius 1 is 1.60 bits per heavy atom. The Bertz CT molecular complexity index is 122. The van der Waals surface area contributed by atoms with Crippen LogP contribution in [-0.4, -0.2) is 43.2 Å². The van der Waals surface area contributed by atoms with Crippen LogP contribution in [-0.2, 0) is 0 Å². The molecule has 1 rings (SSSR count). The Kier molecular flexibility index (Phi) is 2.89. The molecule has 1 fully saturated rings. The van der Waals surface area contributed by atoms with Crippen molar-refractivity contribution in [3.63, 3.8) is 0 Å². The van der Waals surface area contributed by atoms with Gasteiger partial charge in [-0.2, -0.15) is 0 Å². The summed E-state index contributed by atoms with van der Waals surface area (Å²) in [7, 11) is 1.83. The van der Waals surface area contributed by atoms with E-state index in [0.717, 1.165) is 18.2 Å². The molecule has 0 atom stereocenters. The summed E-state index contributed by atoms with van der Waals surface area (Å²) in [6.45, 7) is 4.59. The van der Waals surface area contributed by atoms with Gasteiger partial charge in [0, 0.05) is 33.2 Å². The third-order valence-corrected chi connectivity index (χ3v) is 1.83. The quantitative estimate of drug-likeness (QED) is 0.424. The third-order valence-electron chi connectivity index (χ3n) is 1.48. The van der Waals surface area contributed by atoms with Crippen molar-refractivity contribution in [1.29, 1.82) is 0 Å². The van der Waals surface area contributed by atoms with Crippen molar-refractivity contribution in [2.45, 2.75) is 0 Å². The van der Waals surface area contributed by atoms with Gasteiger partial charge in [-0.05, 0) is 12.2 Å². The van der Waals surface area contributed by atoms with E-state index in [1.807, 2.05) is 7.05 Å². The maximum atomic E-state index is 4.89. The molecule has 0 radical (unpaired) electrons. The molecule has 0 aromatic carbocycles. The summed E-state index contributed by atoms with van der Waals surface area (Å²) in [5.74, 6) is 0.